The van der Waals surface area contributed by atoms with Gasteiger partial charge in [0.1, 0.15) is 11.5 Å². The Bertz CT molecular complexity index is 2120. The summed E-state index contributed by atoms with van der Waals surface area (Å²) in [6.45, 7) is 15.2. The maximum Gasteiger partial charge on any atom is 0.303 e. The summed E-state index contributed by atoms with van der Waals surface area (Å²) in [5.74, 6) is -0.299. The van der Waals surface area contributed by atoms with Gasteiger partial charge in [0.15, 0.2) is 0 Å². The lowest BCUT2D eigenvalue weighted by Crippen LogP contribution is -2.16. The van der Waals surface area contributed by atoms with E-state index in [4.69, 9.17) is 19.7 Å². The fraction of sp³-hybridized carbons (Fsp3) is 0.341. The molecule has 2 atom stereocenters. The lowest BCUT2D eigenvalue weighted by molar-refractivity contribution is -0.137. The van der Waals surface area contributed by atoms with Crippen molar-refractivity contribution < 1.29 is 24.5 Å². The second kappa shape index (κ2) is 12.5. The lowest BCUT2D eigenvalue weighted by Gasteiger charge is -2.19. The molecule has 9 nitrogen and oxygen atoms in total. The Hall–Kier alpha value is -5.31. The first kappa shape index (κ1) is 33.2. The van der Waals surface area contributed by atoms with Gasteiger partial charge in [0.05, 0.1) is 34.2 Å². The molecule has 256 valence electrons. The number of carbonyl (C=O) groups is 2. The van der Waals surface area contributed by atoms with Crippen LogP contribution in [0, 0.1) is 17.8 Å². The van der Waals surface area contributed by atoms with Crippen molar-refractivity contribution in [2.45, 2.75) is 74.1 Å². The SMILES string of the molecule is CCC1=C(C)C2=NC1=CC1=C(C)C3=C(O)CC(=C4NC(=C(c5ccc(OC=O)cc5)C5=NC(=C2)C(C(C)C)=C5C)[C@@H](C)[C@@H]4CCC(=O)O)C3=N1. The third kappa shape index (κ3) is 5.27. The number of fused-ring (bicyclic) bond motifs is 5. The summed E-state index contributed by atoms with van der Waals surface area (Å²) < 4.78 is 5.14. The summed E-state index contributed by atoms with van der Waals surface area (Å²) in [5.41, 5.74) is 15.4. The Kier molecular flexibility index (Phi) is 8.33. The third-order valence-electron chi connectivity index (χ3n) is 10.8. The van der Waals surface area contributed by atoms with E-state index in [1.54, 1.807) is 12.1 Å². The quantitative estimate of drug-likeness (QED) is 0.239. The molecular weight excluding hydrogens is 628 g/mol. The van der Waals surface area contributed by atoms with Crippen LogP contribution in [-0.2, 0) is 9.59 Å². The lowest BCUT2D eigenvalue weighted by atomic mass is 9.83. The fourth-order valence-corrected chi connectivity index (χ4v) is 8.34. The standard InChI is InChI=1S/C41H42N4O5/c1-8-26-20(4)29-17-32-35(19(2)3)23(7)39(44-32)37(24-9-11-25(12-10-24)50-18-46)38-21(5)27(13-14-34(48)49)40(45-38)28-15-33(47)36-22(6)30(43-41(28)36)16-31(26)42-29/h9-12,16-19,21,27,45,47H,8,13-15H2,1-7H3,(H,48,49)/t21-,27-/m0/s1. The normalized spacial score (nSPS) is 22.8. The van der Waals surface area contributed by atoms with Crippen molar-refractivity contribution in [2.24, 2.45) is 32.7 Å². The fourth-order valence-electron chi connectivity index (χ4n) is 8.34. The zero-order chi connectivity index (χ0) is 35.6. The van der Waals surface area contributed by atoms with Crippen LogP contribution in [0.15, 0.2) is 125 Å². The second-order valence-electron chi connectivity index (χ2n) is 14.0. The molecule has 1 saturated heterocycles. The molecule has 5 aliphatic heterocycles. The molecule has 0 radical (unpaired) electrons. The molecule has 8 bridgehead atoms. The van der Waals surface area contributed by atoms with E-state index < -0.39 is 5.97 Å². The van der Waals surface area contributed by atoms with E-state index in [2.05, 4.69) is 52.9 Å². The molecule has 5 heterocycles. The van der Waals surface area contributed by atoms with Gasteiger partial charge in [-0.15, -0.1) is 0 Å². The molecule has 7 rings (SSSR count). The predicted octanol–water partition coefficient (Wildman–Crippen LogP) is 8.24. The smallest absolute Gasteiger partial charge is 0.303 e. The Balaban J connectivity index is 1.56. The van der Waals surface area contributed by atoms with Crippen LogP contribution >= 0.6 is 0 Å². The number of ether oxygens (including phenoxy) is 1. The van der Waals surface area contributed by atoms with E-state index in [0.29, 0.717) is 25.1 Å². The number of aliphatic imine (C=N–C) groups is 3. The average molecular weight is 671 g/mol. The van der Waals surface area contributed by atoms with Gasteiger partial charge in [-0.25, -0.2) is 15.0 Å². The summed E-state index contributed by atoms with van der Waals surface area (Å²) in [7, 11) is 0. The number of aliphatic hydroxyl groups excluding tert-OH is 1. The monoisotopic (exact) mass is 670 g/mol. The number of nitrogens with zero attached hydrogens (tertiary/aromatic N) is 3. The molecule has 1 fully saturated rings. The van der Waals surface area contributed by atoms with Gasteiger partial charge in [-0.05, 0) is 97.2 Å². The van der Waals surface area contributed by atoms with E-state index in [0.717, 1.165) is 102 Å². The van der Waals surface area contributed by atoms with Crippen LogP contribution in [-0.4, -0.2) is 39.8 Å². The Labute approximate surface area is 292 Å². The largest absolute Gasteiger partial charge is 0.511 e. The van der Waals surface area contributed by atoms with Crippen LogP contribution in [0.3, 0.4) is 0 Å². The number of hydrogen-bond acceptors (Lipinski definition) is 8. The van der Waals surface area contributed by atoms with Crippen molar-refractivity contribution >= 4 is 35.1 Å². The summed E-state index contributed by atoms with van der Waals surface area (Å²) in [5, 5.41) is 25.0. The van der Waals surface area contributed by atoms with E-state index in [9.17, 15) is 19.8 Å². The first-order valence-corrected chi connectivity index (χ1v) is 17.4. The Morgan fingerprint density at radius 1 is 0.980 bits per heavy atom. The third-order valence-corrected chi connectivity index (χ3v) is 10.8. The van der Waals surface area contributed by atoms with E-state index in [1.807, 2.05) is 25.1 Å². The summed E-state index contributed by atoms with van der Waals surface area (Å²) >= 11 is 0. The topological polar surface area (TPSA) is 133 Å². The summed E-state index contributed by atoms with van der Waals surface area (Å²) in [4.78, 5) is 38.8. The number of carbonyl (C=O) groups excluding carboxylic acids is 1. The highest BCUT2D eigenvalue weighted by molar-refractivity contribution is 6.34. The number of allylic oxidation sites excluding steroid dienone is 12. The van der Waals surface area contributed by atoms with Crippen LogP contribution in [0.5, 0.6) is 5.75 Å². The van der Waals surface area contributed by atoms with Gasteiger partial charge >= 0.3 is 5.97 Å². The van der Waals surface area contributed by atoms with Gasteiger partial charge in [-0.2, -0.15) is 0 Å². The maximum absolute atomic E-state index is 12.0. The molecule has 1 aromatic carbocycles. The Morgan fingerprint density at radius 3 is 2.38 bits per heavy atom. The van der Waals surface area contributed by atoms with E-state index in [1.165, 1.54) is 0 Å². The van der Waals surface area contributed by atoms with Crippen molar-refractivity contribution in [3.8, 4) is 5.75 Å². The first-order valence-electron chi connectivity index (χ1n) is 17.4. The number of nitrogens with one attached hydrogen (secondary N) is 1. The number of rotatable bonds is 8. The molecule has 0 amide bonds. The molecule has 0 saturated carbocycles. The number of carboxylic acids is 1. The summed E-state index contributed by atoms with van der Waals surface area (Å²) in [6.07, 6.45) is 5.64. The molecule has 50 heavy (non-hydrogen) atoms. The Morgan fingerprint density at radius 2 is 1.72 bits per heavy atom. The van der Waals surface area contributed by atoms with Gasteiger partial charge < -0.3 is 20.3 Å². The van der Waals surface area contributed by atoms with Crippen LogP contribution in [0.4, 0.5) is 0 Å². The number of carboxylic acid groups (broad SMARTS) is 1. The van der Waals surface area contributed by atoms with Crippen molar-refractivity contribution in [3.63, 3.8) is 0 Å². The molecule has 1 aromatic rings. The molecule has 0 unspecified atom stereocenters. The minimum Gasteiger partial charge on any atom is -0.511 e. The zero-order valence-electron chi connectivity index (χ0n) is 29.6. The summed E-state index contributed by atoms with van der Waals surface area (Å²) in [6, 6.07) is 7.39. The highest BCUT2D eigenvalue weighted by Gasteiger charge is 2.43. The number of aliphatic hydroxyl groups is 1. The molecule has 6 aliphatic rings. The molecular formula is C41H42N4O5. The van der Waals surface area contributed by atoms with E-state index in [-0.39, 0.29) is 29.9 Å². The van der Waals surface area contributed by atoms with Gasteiger partial charge in [-0.1, -0.05) is 39.8 Å². The molecule has 3 N–H and O–H groups in total. The second-order valence-corrected chi connectivity index (χ2v) is 14.0. The van der Waals surface area contributed by atoms with Crippen LogP contribution in [0.2, 0.25) is 0 Å². The molecule has 9 heteroatoms. The van der Waals surface area contributed by atoms with E-state index >= 15 is 0 Å². The minimum atomic E-state index is -0.859. The van der Waals surface area contributed by atoms with Crippen molar-refractivity contribution in [1.29, 1.82) is 0 Å². The zero-order valence-corrected chi connectivity index (χ0v) is 29.6. The van der Waals surface area contributed by atoms with Gasteiger partial charge in [-0.3, -0.25) is 9.59 Å². The number of benzene rings is 1. The van der Waals surface area contributed by atoms with Crippen molar-refractivity contribution in [3.05, 3.63) is 115 Å². The van der Waals surface area contributed by atoms with Crippen LogP contribution in [0.1, 0.15) is 79.7 Å². The predicted molar refractivity (Wildman–Crippen MR) is 196 cm³/mol. The average Bonchev–Trinajstić information content (AvgIpc) is 3.83. The highest BCUT2D eigenvalue weighted by Crippen LogP contribution is 2.49. The van der Waals surface area contributed by atoms with Crippen molar-refractivity contribution in [1.82, 2.24) is 5.32 Å². The van der Waals surface area contributed by atoms with Gasteiger partial charge in [0.25, 0.3) is 6.47 Å². The van der Waals surface area contributed by atoms with Crippen LogP contribution < -0.4 is 10.1 Å². The van der Waals surface area contributed by atoms with Crippen molar-refractivity contribution in [2.75, 3.05) is 0 Å². The van der Waals surface area contributed by atoms with Gasteiger partial charge in [0, 0.05) is 52.8 Å². The highest BCUT2D eigenvalue weighted by atomic mass is 16.5. The maximum atomic E-state index is 12.0. The number of aliphatic carboxylic acids is 1. The van der Waals surface area contributed by atoms with Gasteiger partial charge in [0.2, 0.25) is 0 Å². The molecule has 0 aromatic heterocycles. The first-order chi connectivity index (χ1) is 23.9. The van der Waals surface area contributed by atoms with Crippen LogP contribution in [0.25, 0.3) is 5.57 Å². The molecule has 1 aliphatic carbocycles. The molecule has 0 spiro atoms. The minimum absolute atomic E-state index is 0.00294. The number of hydrogen-bond donors (Lipinski definition) is 3.